The monoisotopic (exact) mass is 350 g/mol. The second kappa shape index (κ2) is 7.04. The average Bonchev–Trinajstić information content (AvgIpc) is 2.92. The van der Waals surface area contributed by atoms with Crippen molar-refractivity contribution in [3.8, 4) is 5.75 Å². The zero-order valence-electron chi connectivity index (χ0n) is 11.8. The van der Waals surface area contributed by atoms with E-state index in [4.69, 9.17) is 4.74 Å². The second-order valence-corrected chi connectivity index (χ2v) is 6.13. The van der Waals surface area contributed by atoms with Crippen LogP contribution in [0.25, 0.3) is 0 Å². The van der Waals surface area contributed by atoms with E-state index in [-0.39, 0.29) is 0 Å². The summed E-state index contributed by atoms with van der Waals surface area (Å²) >= 11 is 3.50. The predicted molar refractivity (Wildman–Crippen MR) is 84.3 cm³/mol. The van der Waals surface area contributed by atoms with Crippen LogP contribution >= 0.6 is 15.9 Å². The molecule has 0 saturated carbocycles. The summed E-state index contributed by atoms with van der Waals surface area (Å²) in [6, 6.07) is 6.66. The Bertz CT molecular complexity index is 573. The summed E-state index contributed by atoms with van der Waals surface area (Å²) < 4.78 is 6.89. The zero-order chi connectivity index (χ0) is 14.5. The van der Waals surface area contributed by atoms with E-state index in [0.717, 1.165) is 54.9 Å². The Labute approximate surface area is 132 Å². The number of benzene rings is 1. The van der Waals surface area contributed by atoms with Gasteiger partial charge in [-0.25, -0.2) is 4.98 Å². The van der Waals surface area contributed by atoms with Gasteiger partial charge in [-0.15, -0.1) is 0 Å². The molecule has 5 nitrogen and oxygen atoms in total. The summed E-state index contributed by atoms with van der Waals surface area (Å²) in [4.78, 5) is 4.14. The number of nitrogens with one attached hydrogen (secondary N) is 2. The summed E-state index contributed by atoms with van der Waals surface area (Å²) in [5.41, 5.74) is 1.26. The van der Waals surface area contributed by atoms with Gasteiger partial charge in [0.15, 0.2) is 0 Å². The van der Waals surface area contributed by atoms with Crippen LogP contribution < -0.4 is 10.1 Å². The summed E-state index contributed by atoms with van der Waals surface area (Å²) in [5, 5.41) is 10.4. The molecule has 1 atom stereocenters. The summed E-state index contributed by atoms with van der Waals surface area (Å²) in [5.74, 6) is 1.94. The Balaban J connectivity index is 1.57. The van der Waals surface area contributed by atoms with Crippen molar-refractivity contribution in [2.24, 2.45) is 0 Å². The predicted octanol–water partition coefficient (Wildman–Crippen LogP) is 3.00. The third-order valence-corrected chi connectivity index (χ3v) is 4.18. The molecule has 2 aromatic rings. The molecule has 0 aliphatic carbocycles. The van der Waals surface area contributed by atoms with Gasteiger partial charge in [0.1, 0.15) is 17.9 Å². The molecule has 3 rings (SSSR count). The molecule has 0 amide bonds. The number of hydrogen-bond acceptors (Lipinski definition) is 4. The van der Waals surface area contributed by atoms with Crippen molar-refractivity contribution in [3.63, 3.8) is 0 Å². The molecule has 1 aliphatic rings. The largest absolute Gasteiger partial charge is 0.493 e. The number of rotatable bonds is 5. The Morgan fingerprint density at radius 1 is 1.43 bits per heavy atom. The molecule has 0 bridgehead atoms. The molecule has 0 fully saturated rings. The highest BCUT2D eigenvalue weighted by Gasteiger charge is 2.19. The zero-order valence-corrected chi connectivity index (χ0v) is 13.4. The van der Waals surface area contributed by atoms with E-state index < -0.39 is 0 Å². The van der Waals surface area contributed by atoms with E-state index in [1.54, 1.807) is 6.33 Å². The van der Waals surface area contributed by atoms with Crippen LogP contribution in [-0.4, -0.2) is 28.3 Å². The fraction of sp³-hybridized carbons (Fsp3) is 0.467. The number of halogens is 1. The third-order valence-electron chi connectivity index (χ3n) is 3.69. The van der Waals surface area contributed by atoms with Crippen molar-refractivity contribution in [1.29, 1.82) is 0 Å². The van der Waals surface area contributed by atoms with E-state index >= 15 is 0 Å². The smallest absolute Gasteiger partial charge is 0.137 e. The van der Waals surface area contributed by atoms with Crippen molar-refractivity contribution in [3.05, 3.63) is 40.4 Å². The van der Waals surface area contributed by atoms with Crippen LogP contribution in [0.4, 0.5) is 0 Å². The highest BCUT2D eigenvalue weighted by Crippen LogP contribution is 2.33. The van der Waals surface area contributed by atoms with Crippen LogP contribution in [0.15, 0.2) is 29.0 Å². The molecule has 21 heavy (non-hydrogen) atoms. The molecule has 1 unspecified atom stereocenters. The van der Waals surface area contributed by atoms with E-state index in [1.807, 2.05) is 0 Å². The van der Waals surface area contributed by atoms with Gasteiger partial charge >= 0.3 is 0 Å². The third kappa shape index (κ3) is 3.83. The van der Waals surface area contributed by atoms with E-state index in [0.29, 0.717) is 6.04 Å². The first-order valence-electron chi connectivity index (χ1n) is 7.33. The maximum Gasteiger partial charge on any atom is 0.137 e. The Morgan fingerprint density at radius 2 is 2.38 bits per heavy atom. The molecule has 0 saturated heterocycles. The number of aromatic amines is 1. The molecule has 112 valence electrons. The van der Waals surface area contributed by atoms with Gasteiger partial charge in [0.2, 0.25) is 0 Å². The first-order chi connectivity index (χ1) is 10.3. The maximum absolute atomic E-state index is 5.83. The molecule has 0 spiro atoms. The second-order valence-electron chi connectivity index (χ2n) is 5.22. The van der Waals surface area contributed by atoms with Crippen LogP contribution in [0.2, 0.25) is 0 Å². The van der Waals surface area contributed by atoms with Gasteiger partial charge in [0.25, 0.3) is 0 Å². The molecule has 2 N–H and O–H groups in total. The highest BCUT2D eigenvalue weighted by molar-refractivity contribution is 9.10. The molecule has 0 radical (unpaired) electrons. The van der Waals surface area contributed by atoms with E-state index in [2.05, 4.69) is 54.6 Å². The van der Waals surface area contributed by atoms with Crippen molar-refractivity contribution in [2.75, 3.05) is 13.2 Å². The van der Waals surface area contributed by atoms with Crippen LogP contribution in [0.1, 0.15) is 36.7 Å². The molecular weight excluding hydrogens is 332 g/mol. The minimum atomic E-state index is 0.366. The highest BCUT2D eigenvalue weighted by atomic mass is 79.9. The number of fused-ring (bicyclic) bond motifs is 1. The lowest BCUT2D eigenvalue weighted by Crippen LogP contribution is -2.22. The van der Waals surface area contributed by atoms with Gasteiger partial charge < -0.3 is 10.1 Å². The van der Waals surface area contributed by atoms with Crippen LogP contribution in [-0.2, 0) is 6.42 Å². The van der Waals surface area contributed by atoms with Gasteiger partial charge in [0, 0.05) is 22.5 Å². The van der Waals surface area contributed by atoms with Crippen LogP contribution in [0.3, 0.4) is 0 Å². The average molecular weight is 351 g/mol. The lowest BCUT2D eigenvalue weighted by molar-refractivity contribution is 0.315. The standard InChI is InChI=1S/C15H19BrN4O/c16-11-5-6-12-13(3-2-8-21-14(12)9-11)17-7-1-4-15-18-10-19-20-15/h5-6,9-10,13,17H,1-4,7-8H2,(H,18,19,20). The minimum Gasteiger partial charge on any atom is -0.493 e. The van der Waals surface area contributed by atoms with Crippen LogP contribution in [0, 0.1) is 0 Å². The number of aryl methyl sites for hydroxylation is 1. The van der Waals surface area contributed by atoms with Gasteiger partial charge in [-0.3, -0.25) is 5.10 Å². The Morgan fingerprint density at radius 3 is 3.24 bits per heavy atom. The molecule has 2 heterocycles. The van der Waals surface area contributed by atoms with Crippen molar-refractivity contribution >= 4 is 15.9 Å². The van der Waals surface area contributed by atoms with E-state index in [1.165, 1.54) is 5.56 Å². The maximum atomic E-state index is 5.83. The van der Waals surface area contributed by atoms with Crippen LogP contribution in [0.5, 0.6) is 5.75 Å². The van der Waals surface area contributed by atoms with Crippen molar-refractivity contribution < 1.29 is 4.74 Å². The fourth-order valence-electron chi connectivity index (χ4n) is 2.64. The molecular formula is C15H19BrN4O. The molecule has 6 heteroatoms. The topological polar surface area (TPSA) is 62.8 Å². The van der Waals surface area contributed by atoms with Crippen molar-refractivity contribution in [2.45, 2.75) is 31.7 Å². The first kappa shape index (κ1) is 14.5. The van der Waals surface area contributed by atoms with Gasteiger partial charge in [-0.05, 0) is 37.9 Å². The number of hydrogen-bond donors (Lipinski definition) is 2. The lowest BCUT2D eigenvalue weighted by atomic mass is 10.0. The number of nitrogens with zero attached hydrogens (tertiary/aromatic N) is 2. The molecule has 1 aromatic heterocycles. The SMILES string of the molecule is Brc1ccc2c(c1)OCCCC2NCCCc1ncn[nH]1. The van der Waals surface area contributed by atoms with E-state index in [9.17, 15) is 0 Å². The Kier molecular flexibility index (Phi) is 4.87. The summed E-state index contributed by atoms with van der Waals surface area (Å²) in [6.45, 7) is 1.75. The molecule has 1 aliphatic heterocycles. The van der Waals surface area contributed by atoms with Gasteiger partial charge in [-0.1, -0.05) is 22.0 Å². The number of H-pyrrole nitrogens is 1. The fourth-order valence-corrected chi connectivity index (χ4v) is 2.98. The molecule has 1 aromatic carbocycles. The minimum absolute atomic E-state index is 0.366. The summed E-state index contributed by atoms with van der Waals surface area (Å²) in [6.07, 6.45) is 5.70. The normalized spacial score (nSPS) is 17.9. The first-order valence-corrected chi connectivity index (χ1v) is 8.12. The Hall–Kier alpha value is -1.40. The van der Waals surface area contributed by atoms with Gasteiger partial charge in [-0.2, -0.15) is 5.10 Å². The number of ether oxygens (including phenoxy) is 1. The van der Waals surface area contributed by atoms with Crippen molar-refractivity contribution in [1.82, 2.24) is 20.5 Å². The van der Waals surface area contributed by atoms with Gasteiger partial charge in [0.05, 0.1) is 6.61 Å². The number of aromatic nitrogens is 3. The quantitative estimate of drug-likeness (QED) is 0.813. The summed E-state index contributed by atoms with van der Waals surface area (Å²) in [7, 11) is 0. The lowest BCUT2D eigenvalue weighted by Gasteiger charge is -2.18.